The van der Waals surface area contributed by atoms with Crippen molar-refractivity contribution in [2.24, 2.45) is 5.92 Å². The fraction of sp³-hybridized carbons (Fsp3) is 0.400. The van der Waals surface area contributed by atoms with Crippen LogP contribution in [0.3, 0.4) is 0 Å². The number of benzene rings is 1. The van der Waals surface area contributed by atoms with Crippen molar-refractivity contribution in [2.45, 2.75) is 18.9 Å². The number of carboxylic acids is 1. The monoisotopic (exact) mass is 290 g/mol. The second-order valence-electron chi connectivity index (χ2n) is 5.12. The first-order valence-electron chi connectivity index (χ1n) is 6.81. The molecule has 2 amide bonds. The van der Waals surface area contributed by atoms with Gasteiger partial charge in [-0.25, -0.2) is 0 Å². The molecule has 2 N–H and O–H groups in total. The molecule has 2 atom stereocenters. The Morgan fingerprint density at radius 3 is 2.62 bits per heavy atom. The average Bonchev–Trinajstić information content (AvgIpc) is 2.48. The zero-order valence-corrected chi connectivity index (χ0v) is 11.8. The minimum absolute atomic E-state index is 0.00821. The molecule has 21 heavy (non-hydrogen) atoms. The van der Waals surface area contributed by atoms with E-state index in [0.717, 1.165) is 5.56 Å². The second-order valence-corrected chi connectivity index (χ2v) is 5.12. The number of hydrogen-bond acceptors (Lipinski definition) is 3. The molecule has 2 rings (SSSR count). The van der Waals surface area contributed by atoms with E-state index >= 15 is 0 Å². The van der Waals surface area contributed by atoms with E-state index in [1.807, 2.05) is 30.3 Å². The van der Waals surface area contributed by atoms with E-state index in [1.165, 1.54) is 0 Å². The minimum Gasteiger partial charge on any atom is -0.480 e. The Balaban J connectivity index is 2.23. The number of rotatable bonds is 4. The summed E-state index contributed by atoms with van der Waals surface area (Å²) < 4.78 is 0. The molecule has 0 unspecified atom stereocenters. The summed E-state index contributed by atoms with van der Waals surface area (Å²) in [5.74, 6) is -1.86. The summed E-state index contributed by atoms with van der Waals surface area (Å²) in [6.07, 6.45) is 0.721. The van der Waals surface area contributed by atoms with Crippen LogP contribution in [-0.2, 0) is 14.4 Å². The number of nitrogens with one attached hydrogen (secondary N) is 1. The van der Waals surface area contributed by atoms with Crippen LogP contribution in [0.1, 0.15) is 24.4 Å². The van der Waals surface area contributed by atoms with Crippen molar-refractivity contribution in [1.82, 2.24) is 10.2 Å². The fourth-order valence-corrected chi connectivity index (χ4v) is 2.71. The maximum absolute atomic E-state index is 12.2. The van der Waals surface area contributed by atoms with Gasteiger partial charge in [-0.05, 0) is 12.0 Å². The number of amides is 2. The first-order chi connectivity index (χ1) is 10.0. The van der Waals surface area contributed by atoms with Crippen molar-refractivity contribution < 1.29 is 19.5 Å². The van der Waals surface area contributed by atoms with Gasteiger partial charge in [0.05, 0.1) is 12.0 Å². The molecule has 1 aromatic rings. The van der Waals surface area contributed by atoms with E-state index in [-0.39, 0.29) is 17.9 Å². The van der Waals surface area contributed by atoms with Gasteiger partial charge >= 0.3 is 5.97 Å². The Kier molecular flexibility index (Phi) is 4.57. The number of carbonyl (C=O) groups excluding carboxylic acids is 2. The Hall–Kier alpha value is -2.37. The van der Waals surface area contributed by atoms with Gasteiger partial charge < -0.3 is 15.3 Å². The van der Waals surface area contributed by atoms with E-state index in [4.69, 9.17) is 5.11 Å². The second kappa shape index (κ2) is 6.39. The molecule has 0 aromatic heterocycles. The quantitative estimate of drug-likeness (QED) is 0.858. The fourth-order valence-electron chi connectivity index (χ4n) is 2.71. The van der Waals surface area contributed by atoms with Crippen LogP contribution in [-0.4, -0.2) is 41.4 Å². The summed E-state index contributed by atoms with van der Waals surface area (Å²) in [5.41, 5.74) is 0.878. The summed E-state index contributed by atoms with van der Waals surface area (Å²) in [5, 5.41) is 11.1. The highest BCUT2D eigenvalue weighted by molar-refractivity contribution is 5.86. The highest BCUT2D eigenvalue weighted by Crippen LogP contribution is 2.35. The standard InChI is InChI=1S/C15H18N2O4/c1-17-12(18)8-7-11(15(21)16-9-13(19)20)14(17)10-5-3-2-4-6-10/h2-6,11,14H,7-9H2,1H3,(H,16,21)(H,19,20)/t11-,14+/m1/s1. The van der Waals surface area contributed by atoms with E-state index in [9.17, 15) is 14.4 Å². The van der Waals surface area contributed by atoms with Gasteiger partial charge in [0, 0.05) is 13.5 Å². The Morgan fingerprint density at radius 1 is 1.33 bits per heavy atom. The summed E-state index contributed by atoms with van der Waals surface area (Å²) in [7, 11) is 1.68. The number of hydrogen-bond donors (Lipinski definition) is 2. The topological polar surface area (TPSA) is 86.7 Å². The third-order valence-corrected chi connectivity index (χ3v) is 3.75. The minimum atomic E-state index is -1.08. The Bertz CT molecular complexity index is 544. The number of aliphatic carboxylic acids is 1. The van der Waals surface area contributed by atoms with Crippen LogP contribution in [0, 0.1) is 5.92 Å². The SMILES string of the molecule is CN1C(=O)CC[C@@H](C(=O)NCC(=O)O)[C@@H]1c1ccccc1. The lowest BCUT2D eigenvalue weighted by Crippen LogP contribution is -2.47. The molecule has 1 aliphatic rings. The smallest absolute Gasteiger partial charge is 0.322 e. The third-order valence-electron chi connectivity index (χ3n) is 3.75. The van der Waals surface area contributed by atoms with Crippen LogP contribution in [0.25, 0.3) is 0 Å². The van der Waals surface area contributed by atoms with Crippen molar-refractivity contribution in [2.75, 3.05) is 13.6 Å². The van der Waals surface area contributed by atoms with Gasteiger partial charge in [0.2, 0.25) is 11.8 Å². The molecule has 112 valence electrons. The molecule has 0 radical (unpaired) electrons. The highest BCUT2D eigenvalue weighted by atomic mass is 16.4. The number of carboxylic acid groups (broad SMARTS) is 1. The third kappa shape index (κ3) is 3.39. The zero-order chi connectivity index (χ0) is 15.4. The van der Waals surface area contributed by atoms with Crippen molar-refractivity contribution in [3.63, 3.8) is 0 Å². The predicted octanol–water partition coefficient (Wildman–Crippen LogP) is 0.797. The molecule has 1 aromatic carbocycles. The Morgan fingerprint density at radius 2 is 2.00 bits per heavy atom. The Labute approximate surface area is 122 Å². The summed E-state index contributed by atoms with van der Waals surface area (Å²) in [6.45, 7) is -0.408. The molecule has 1 fully saturated rings. The van der Waals surface area contributed by atoms with Crippen molar-refractivity contribution in [3.8, 4) is 0 Å². The van der Waals surface area contributed by atoms with E-state index < -0.39 is 18.4 Å². The lowest BCUT2D eigenvalue weighted by Gasteiger charge is -2.38. The maximum atomic E-state index is 12.2. The molecule has 1 heterocycles. The largest absolute Gasteiger partial charge is 0.480 e. The molecular formula is C15H18N2O4. The predicted molar refractivity (Wildman–Crippen MR) is 75.3 cm³/mol. The molecular weight excluding hydrogens is 272 g/mol. The zero-order valence-electron chi connectivity index (χ0n) is 11.8. The molecule has 0 saturated carbocycles. The molecule has 0 bridgehead atoms. The maximum Gasteiger partial charge on any atom is 0.322 e. The first-order valence-corrected chi connectivity index (χ1v) is 6.81. The number of likely N-dealkylation sites (tertiary alicyclic amines) is 1. The number of piperidine rings is 1. The van der Waals surface area contributed by atoms with Gasteiger partial charge in [0.1, 0.15) is 6.54 Å². The van der Waals surface area contributed by atoms with Crippen LogP contribution < -0.4 is 5.32 Å². The molecule has 0 aliphatic carbocycles. The van der Waals surface area contributed by atoms with Gasteiger partial charge in [-0.15, -0.1) is 0 Å². The number of nitrogens with zero attached hydrogens (tertiary/aromatic N) is 1. The normalized spacial score (nSPS) is 22.0. The van der Waals surface area contributed by atoms with Crippen LogP contribution in [0.5, 0.6) is 0 Å². The van der Waals surface area contributed by atoms with E-state index in [1.54, 1.807) is 11.9 Å². The highest BCUT2D eigenvalue weighted by Gasteiger charge is 2.38. The number of carbonyl (C=O) groups is 3. The van der Waals surface area contributed by atoms with Crippen LogP contribution >= 0.6 is 0 Å². The van der Waals surface area contributed by atoms with Crippen molar-refractivity contribution in [1.29, 1.82) is 0 Å². The summed E-state index contributed by atoms with van der Waals surface area (Å²) in [6, 6.07) is 8.96. The van der Waals surface area contributed by atoms with E-state index in [0.29, 0.717) is 12.8 Å². The molecule has 1 saturated heterocycles. The van der Waals surface area contributed by atoms with Gasteiger partial charge in [0.25, 0.3) is 0 Å². The first kappa shape index (κ1) is 15.0. The molecule has 6 heteroatoms. The van der Waals surface area contributed by atoms with E-state index in [2.05, 4.69) is 5.32 Å². The summed E-state index contributed by atoms with van der Waals surface area (Å²) >= 11 is 0. The molecule has 1 aliphatic heterocycles. The van der Waals surface area contributed by atoms with Crippen LogP contribution in [0.4, 0.5) is 0 Å². The molecule has 6 nitrogen and oxygen atoms in total. The van der Waals surface area contributed by atoms with Crippen LogP contribution in [0.15, 0.2) is 30.3 Å². The van der Waals surface area contributed by atoms with Crippen molar-refractivity contribution in [3.05, 3.63) is 35.9 Å². The summed E-state index contributed by atoms with van der Waals surface area (Å²) in [4.78, 5) is 36.3. The lowest BCUT2D eigenvalue weighted by atomic mass is 9.84. The van der Waals surface area contributed by atoms with Gasteiger partial charge in [-0.3, -0.25) is 14.4 Å². The van der Waals surface area contributed by atoms with Crippen molar-refractivity contribution >= 4 is 17.8 Å². The molecule has 0 spiro atoms. The van der Waals surface area contributed by atoms with Gasteiger partial charge in [0.15, 0.2) is 0 Å². The lowest BCUT2D eigenvalue weighted by molar-refractivity contribution is -0.144. The average molecular weight is 290 g/mol. The van der Waals surface area contributed by atoms with Gasteiger partial charge in [-0.1, -0.05) is 30.3 Å². The van der Waals surface area contributed by atoms with Crippen LogP contribution in [0.2, 0.25) is 0 Å². The van der Waals surface area contributed by atoms with Gasteiger partial charge in [-0.2, -0.15) is 0 Å².